The summed E-state index contributed by atoms with van der Waals surface area (Å²) in [5.74, 6) is 1.46. The molecule has 0 bridgehead atoms. The van der Waals surface area contributed by atoms with E-state index in [1.807, 2.05) is 6.92 Å². The number of pyridine rings is 1. The molecule has 2 N–H and O–H groups in total. The zero-order valence-electron chi connectivity index (χ0n) is 9.89. The van der Waals surface area contributed by atoms with Crippen LogP contribution in [0.5, 0.6) is 17.5 Å². The van der Waals surface area contributed by atoms with Crippen molar-refractivity contribution >= 4 is 17.3 Å². The van der Waals surface area contributed by atoms with E-state index in [2.05, 4.69) is 4.98 Å². The van der Waals surface area contributed by atoms with Crippen LogP contribution >= 0.6 is 11.6 Å². The van der Waals surface area contributed by atoms with E-state index in [0.29, 0.717) is 34.8 Å². The van der Waals surface area contributed by atoms with Crippen LogP contribution in [0.3, 0.4) is 0 Å². The lowest BCUT2D eigenvalue weighted by molar-refractivity contribution is 0.323. The summed E-state index contributed by atoms with van der Waals surface area (Å²) >= 11 is 5.79. The molecule has 2 aromatic rings. The standard InChI is InChI=1S/C13H13ClN2O2/c1-2-17-13-11(15)7-8-12(16-13)18-10-5-3-9(14)4-6-10/h3-8H,2,15H2,1H3. The molecule has 0 aliphatic rings. The van der Waals surface area contributed by atoms with E-state index >= 15 is 0 Å². The van der Waals surface area contributed by atoms with Crippen LogP contribution in [0.25, 0.3) is 0 Å². The zero-order valence-corrected chi connectivity index (χ0v) is 10.6. The fourth-order valence-corrected chi connectivity index (χ4v) is 1.49. The molecular formula is C13H13ClN2O2. The molecule has 0 amide bonds. The van der Waals surface area contributed by atoms with Crippen molar-refractivity contribution < 1.29 is 9.47 Å². The predicted octanol–water partition coefficient (Wildman–Crippen LogP) is 3.51. The Bertz CT molecular complexity index is 529. The molecule has 94 valence electrons. The molecule has 0 fully saturated rings. The summed E-state index contributed by atoms with van der Waals surface area (Å²) in [5.41, 5.74) is 6.21. The van der Waals surface area contributed by atoms with E-state index in [4.69, 9.17) is 26.8 Å². The molecule has 1 aromatic heterocycles. The smallest absolute Gasteiger partial charge is 0.240 e. The van der Waals surface area contributed by atoms with E-state index in [0.717, 1.165) is 0 Å². The van der Waals surface area contributed by atoms with Gasteiger partial charge in [-0.2, -0.15) is 4.98 Å². The predicted molar refractivity (Wildman–Crippen MR) is 71.3 cm³/mol. The van der Waals surface area contributed by atoms with Gasteiger partial charge in [0.25, 0.3) is 0 Å². The van der Waals surface area contributed by atoms with Gasteiger partial charge >= 0.3 is 0 Å². The van der Waals surface area contributed by atoms with Crippen molar-refractivity contribution in [3.8, 4) is 17.5 Å². The van der Waals surface area contributed by atoms with Gasteiger partial charge in [-0.15, -0.1) is 0 Å². The highest BCUT2D eigenvalue weighted by Gasteiger charge is 2.05. The van der Waals surface area contributed by atoms with E-state index in [-0.39, 0.29) is 0 Å². The summed E-state index contributed by atoms with van der Waals surface area (Å²) in [6.45, 7) is 2.37. The number of hydrogen-bond donors (Lipinski definition) is 1. The second-order valence-corrected chi connectivity index (χ2v) is 3.97. The minimum Gasteiger partial charge on any atom is -0.476 e. The molecule has 0 unspecified atom stereocenters. The van der Waals surface area contributed by atoms with Crippen molar-refractivity contribution in [2.45, 2.75) is 6.92 Å². The highest BCUT2D eigenvalue weighted by atomic mass is 35.5. The average Bonchev–Trinajstić information content (AvgIpc) is 2.37. The van der Waals surface area contributed by atoms with Gasteiger partial charge in [0, 0.05) is 11.1 Å². The van der Waals surface area contributed by atoms with Gasteiger partial charge in [-0.05, 0) is 37.3 Å². The van der Waals surface area contributed by atoms with Crippen LogP contribution in [0.15, 0.2) is 36.4 Å². The molecule has 0 atom stereocenters. The van der Waals surface area contributed by atoms with E-state index < -0.39 is 0 Å². The number of nitrogens with two attached hydrogens (primary N) is 1. The van der Waals surface area contributed by atoms with Gasteiger partial charge in [-0.25, -0.2) is 0 Å². The second kappa shape index (κ2) is 5.60. The maximum Gasteiger partial charge on any atom is 0.240 e. The van der Waals surface area contributed by atoms with Crippen LogP contribution in [-0.4, -0.2) is 11.6 Å². The molecule has 5 heteroatoms. The average molecular weight is 265 g/mol. The van der Waals surface area contributed by atoms with E-state index in [9.17, 15) is 0 Å². The van der Waals surface area contributed by atoms with Gasteiger partial charge in [-0.1, -0.05) is 11.6 Å². The number of anilines is 1. The van der Waals surface area contributed by atoms with Crippen LogP contribution in [-0.2, 0) is 0 Å². The lowest BCUT2D eigenvalue weighted by Gasteiger charge is -2.09. The number of nitrogen functional groups attached to an aromatic ring is 1. The third-order valence-electron chi connectivity index (χ3n) is 2.18. The molecule has 0 saturated heterocycles. The Morgan fingerprint density at radius 2 is 1.89 bits per heavy atom. The highest BCUT2D eigenvalue weighted by Crippen LogP contribution is 2.26. The Morgan fingerprint density at radius 3 is 2.56 bits per heavy atom. The van der Waals surface area contributed by atoms with Gasteiger partial charge in [0.1, 0.15) is 5.75 Å². The Balaban J connectivity index is 2.18. The number of nitrogens with zero attached hydrogens (tertiary/aromatic N) is 1. The largest absolute Gasteiger partial charge is 0.476 e. The van der Waals surface area contributed by atoms with Gasteiger partial charge < -0.3 is 15.2 Å². The van der Waals surface area contributed by atoms with Crippen molar-refractivity contribution in [1.82, 2.24) is 4.98 Å². The Hall–Kier alpha value is -1.94. The molecule has 1 aromatic carbocycles. The quantitative estimate of drug-likeness (QED) is 0.918. The summed E-state index contributed by atoms with van der Waals surface area (Å²) in [6.07, 6.45) is 0. The van der Waals surface area contributed by atoms with E-state index in [1.165, 1.54) is 0 Å². The third-order valence-corrected chi connectivity index (χ3v) is 2.43. The third kappa shape index (κ3) is 3.05. The highest BCUT2D eigenvalue weighted by molar-refractivity contribution is 6.30. The van der Waals surface area contributed by atoms with Crippen LogP contribution in [0.2, 0.25) is 5.02 Å². The molecule has 0 saturated carbocycles. The van der Waals surface area contributed by atoms with Crippen LogP contribution in [0.4, 0.5) is 5.69 Å². The van der Waals surface area contributed by atoms with E-state index in [1.54, 1.807) is 36.4 Å². The summed E-state index contributed by atoms with van der Waals surface area (Å²) in [5, 5.41) is 0.655. The van der Waals surface area contributed by atoms with Crippen molar-refractivity contribution in [2.24, 2.45) is 0 Å². The first-order valence-corrected chi connectivity index (χ1v) is 5.89. The summed E-state index contributed by atoms with van der Waals surface area (Å²) < 4.78 is 10.9. The monoisotopic (exact) mass is 264 g/mol. The molecule has 4 nitrogen and oxygen atoms in total. The van der Waals surface area contributed by atoms with Crippen molar-refractivity contribution in [1.29, 1.82) is 0 Å². The molecule has 18 heavy (non-hydrogen) atoms. The maximum atomic E-state index is 5.79. The molecular weight excluding hydrogens is 252 g/mol. The first-order chi connectivity index (χ1) is 8.69. The summed E-state index contributed by atoms with van der Waals surface area (Å²) in [6, 6.07) is 10.4. The summed E-state index contributed by atoms with van der Waals surface area (Å²) in [7, 11) is 0. The number of aromatic nitrogens is 1. The van der Waals surface area contributed by atoms with Crippen molar-refractivity contribution in [3.05, 3.63) is 41.4 Å². The number of ether oxygens (including phenoxy) is 2. The number of hydrogen-bond acceptors (Lipinski definition) is 4. The van der Waals surface area contributed by atoms with Crippen LogP contribution in [0, 0.1) is 0 Å². The van der Waals surface area contributed by atoms with Crippen molar-refractivity contribution in [2.75, 3.05) is 12.3 Å². The summed E-state index contributed by atoms with van der Waals surface area (Å²) in [4.78, 5) is 4.18. The molecule has 0 aliphatic carbocycles. The number of halogens is 1. The molecule has 0 spiro atoms. The van der Waals surface area contributed by atoms with Gasteiger partial charge in [0.15, 0.2) is 0 Å². The molecule has 0 aliphatic heterocycles. The fourth-order valence-electron chi connectivity index (χ4n) is 1.37. The SMILES string of the molecule is CCOc1nc(Oc2ccc(Cl)cc2)ccc1N. The minimum absolute atomic E-state index is 0.379. The number of rotatable bonds is 4. The molecule has 0 radical (unpaired) electrons. The maximum absolute atomic E-state index is 5.79. The molecule has 1 heterocycles. The first-order valence-electron chi connectivity index (χ1n) is 5.52. The normalized spacial score (nSPS) is 10.1. The van der Waals surface area contributed by atoms with Gasteiger partial charge in [0.05, 0.1) is 12.3 Å². The lowest BCUT2D eigenvalue weighted by atomic mass is 10.3. The minimum atomic E-state index is 0.379. The lowest BCUT2D eigenvalue weighted by Crippen LogP contribution is -2.00. The number of benzene rings is 1. The first kappa shape index (κ1) is 12.5. The molecule has 2 rings (SSSR count). The zero-order chi connectivity index (χ0) is 13.0. The van der Waals surface area contributed by atoms with Gasteiger partial charge in [0.2, 0.25) is 11.8 Å². The van der Waals surface area contributed by atoms with Crippen LogP contribution < -0.4 is 15.2 Å². The Morgan fingerprint density at radius 1 is 1.17 bits per heavy atom. The Kier molecular flexibility index (Phi) is 3.89. The topological polar surface area (TPSA) is 57.4 Å². The second-order valence-electron chi connectivity index (χ2n) is 3.53. The van der Waals surface area contributed by atoms with Crippen molar-refractivity contribution in [3.63, 3.8) is 0 Å². The van der Waals surface area contributed by atoms with Crippen LogP contribution in [0.1, 0.15) is 6.92 Å². The fraction of sp³-hybridized carbons (Fsp3) is 0.154. The van der Waals surface area contributed by atoms with Gasteiger partial charge in [-0.3, -0.25) is 0 Å². The Labute approximate surface area is 110 Å².